The molecule has 8 heteroatoms. The van der Waals surface area contributed by atoms with Gasteiger partial charge in [0.25, 0.3) is 0 Å². The molecule has 21 heavy (non-hydrogen) atoms. The second kappa shape index (κ2) is 6.70. The van der Waals surface area contributed by atoms with E-state index >= 15 is 0 Å². The van der Waals surface area contributed by atoms with Crippen LogP contribution in [-0.4, -0.2) is 64.5 Å². The summed E-state index contributed by atoms with van der Waals surface area (Å²) in [6.45, 7) is 2.89. The average molecular weight is 380 g/mol. The molecule has 0 amide bonds. The Balaban J connectivity index is 2.07. The summed E-state index contributed by atoms with van der Waals surface area (Å²) < 4.78 is 41.2. The van der Waals surface area contributed by atoms with Crippen molar-refractivity contribution in [2.24, 2.45) is 0 Å². The summed E-state index contributed by atoms with van der Waals surface area (Å²) in [5.41, 5.74) is 0. The van der Waals surface area contributed by atoms with Crippen molar-refractivity contribution in [1.82, 2.24) is 14.5 Å². The van der Waals surface area contributed by atoms with Crippen molar-refractivity contribution >= 4 is 26.0 Å². The van der Waals surface area contributed by atoms with Gasteiger partial charge in [-0.05, 0) is 32.3 Å². The maximum absolute atomic E-state index is 13.8. The Morgan fingerprint density at radius 2 is 2.10 bits per heavy atom. The van der Waals surface area contributed by atoms with Crippen molar-refractivity contribution in [3.05, 3.63) is 28.5 Å². The number of rotatable bonds is 4. The molecular formula is C13H19BrFN3O2S. The Hall–Kier alpha value is -0.540. The predicted molar refractivity (Wildman–Crippen MR) is 83.2 cm³/mol. The maximum Gasteiger partial charge on any atom is 0.243 e. The second-order valence-electron chi connectivity index (χ2n) is 5.32. The number of halogens is 2. The third-order valence-corrected chi connectivity index (χ3v) is 5.62. The molecule has 2 rings (SSSR count). The van der Waals surface area contributed by atoms with Crippen LogP contribution in [0.1, 0.15) is 0 Å². The summed E-state index contributed by atoms with van der Waals surface area (Å²) in [6.07, 6.45) is 0. The fourth-order valence-electron chi connectivity index (χ4n) is 2.30. The molecule has 0 aliphatic carbocycles. The fourth-order valence-corrected chi connectivity index (χ4v) is 3.76. The highest BCUT2D eigenvalue weighted by molar-refractivity contribution is 9.10. The average Bonchev–Trinajstić information content (AvgIpc) is 2.39. The third-order valence-electron chi connectivity index (χ3n) is 3.67. The van der Waals surface area contributed by atoms with E-state index in [1.54, 1.807) is 0 Å². The number of benzene rings is 1. The minimum atomic E-state index is -3.84. The van der Waals surface area contributed by atoms with Gasteiger partial charge < -0.3 is 4.90 Å². The van der Waals surface area contributed by atoms with Gasteiger partial charge in [0.1, 0.15) is 10.7 Å². The van der Waals surface area contributed by atoms with E-state index in [2.05, 4.69) is 30.5 Å². The Morgan fingerprint density at radius 1 is 1.38 bits per heavy atom. The molecule has 1 aliphatic heterocycles. The molecule has 0 spiro atoms. The Bertz CT molecular complexity index is 611. The molecule has 1 aromatic carbocycles. The number of nitrogens with zero attached hydrogens (tertiary/aromatic N) is 2. The Kier molecular flexibility index (Phi) is 5.37. The van der Waals surface area contributed by atoms with Crippen molar-refractivity contribution in [2.75, 3.05) is 40.3 Å². The standard InChI is InChI=1S/C13H19BrFN3O2S/c1-17-5-6-18(2)11(9-17)8-16-21(19,20)13-4-3-10(14)7-12(13)15/h3-4,7,11,16H,5-6,8-9H2,1-2H3. The molecule has 0 aromatic heterocycles. The Morgan fingerprint density at radius 3 is 2.76 bits per heavy atom. The van der Waals surface area contributed by atoms with E-state index in [0.29, 0.717) is 4.47 Å². The molecule has 0 saturated carbocycles. The van der Waals surface area contributed by atoms with E-state index in [-0.39, 0.29) is 17.5 Å². The number of piperazine rings is 1. The fraction of sp³-hybridized carbons (Fsp3) is 0.538. The van der Waals surface area contributed by atoms with Crippen LogP contribution in [0.25, 0.3) is 0 Å². The highest BCUT2D eigenvalue weighted by atomic mass is 79.9. The second-order valence-corrected chi connectivity index (χ2v) is 7.97. The van der Waals surface area contributed by atoms with E-state index < -0.39 is 15.8 Å². The lowest BCUT2D eigenvalue weighted by Gasteiger charge is -2.37. The number of sulfonamides is 1. The van der Waals surface area contributed by atoms with Crippen molar-refractivity contribution in [3.8, 4) is 0 Å². The van der Waals surface area contributed by atoms with Crippen LogP contribution in [0.15, 0.2) is 27.6 Å². The molecule has 0 bridgehead atoms. The monoisotopic (exact) mass is 379 g/mol. The lowest BCUT2D eigenvalue weighted by Crippen LogP contribution is -2.54. The summed E-state index contributed by atoms with van der Waals surface area (Å²) in [7, 11) is 0.128. The molecule has 1 N–H and O–H groups in total. The van der Waals surface area contributed by atoms with Crippen LogP contribution in [-0.2, 0) is 10.0 Å². The molecule has 1 unspecified atom stereocenters. The van der Waals surface area contributed by atoms with Crippen LogP contribution in [0.5, 0.6) is 0 Å². The van der Waals surface area contributed by atoms with Gasteiger partial charge in [0.05, 0.1) is 0 Å². The molecule has 1 fully saturated rings. The van der Waals surface area contributed by atoms with E-state index in [1.807, 2.05) is 14.1 Å². The van der Waals surface area contributed by atoms with Gasteiger partial charge in [-0.3, -0.25) is 4.90 Å². The van der Waals surface area contributed by atoms with Gasteiger partial charge in [0, 0.05) is 36.7 Å². The van der Waals surface area contributed by atoms with E-state index in [4.69, 9.17) is 0 Å². The van der Waals surface area contributed by atoms with Crippen LogP contribution < -0.4 is 4.72 Å². The smallest absolute Gasteiger partial charge is 0.243 e. The molecule has 1 heterocycles. The molecule has 0 radical (unpaired) electrons. The first-order chi connectivity index (χ1) is 9.79. The van der Waals surface area contributed by atoms with Gasteiger partial charge in [0.2, 0.25) is 10.0 Å². The van der Waals surface area contributed by atoms with Crippen LogP contribution >= 0.6 is 15.9 Å². The quantitative estimate of drug-likeness (QED) is 0.851. The molecule has 1 atom stereocenters. The van der Waals surface area contributed by atoms with Crippen molar-refractivity contribution in [3.63, 3.8) is 0 Å². The number of hydrogen-bond acceptors (Lipinski definition) is 4. The third kappa shape index (κ3) is 4.23. The molecule has 5 nitrogen and oxygen atoms in total. The normalized spacial score (nSPS) is 21.6. The van der Waals surface area contributed by atoms with Gasteiger partial charge in [-0.15, -0.1) is 0 Å². The van der Waals surface area contributed by atoms with Crippen LogP contribution in [0, 0.1) is 5.82 Å². The molecule has 1 aliphatic rings. The summed E-state index contributed by atoms with van der Waals surface area (Å²) in [5.74, 6) is -0.758. The topological polar surface area (TPSA) is 52.6 Å². The lowest BCUT2D eigenvalue weighted by molar-refractivity contribution is 0.117. The van der Waals surface area contributed by atoms with E-state index in [0.717, 1.165) is 25.7 Å². The van der Waals surface area contributed by atoms with Crippen LogP contribution in [0.2, 0.25) is 0 Å². The molecule has 1 aromatic rings. The van der Waals surface area contributed by atoms with Crippen molar-refractivity contribution in [1.29, 1.82) is 0 Å². The number of hydrogen-bond donors (Lipinski definition) is 1. The maximum atomic E-state index is 13.8. The first-order valence-electron chi connectivity index (χ1n) is 6.63. The summed E-state index contributed by atoms with van der Waals surface area (Å²) in [4.78, 5) is 3.94. The predicted octanol–water partition coefficient (Wildman–Crippen LogP) is 1.11. The zero-order chi connectivity index (χ0) is 15.6. The zero-order valence-electron chi connectivity index (χ0n) is 12.0. The summed E-state index contributed by atoms with van der Waals surface area (Å²) in [5, 5.41) is 0. The highest BCUT2D eigenvalue weighted by Gasteiger charge is 2.25. The van der Waals surface area contributed by atoms with Gasteiger partial charge in [-0.2, -0.15) is 0 Å². The lowest BCUT2D eigenvalue weighted by atomic mass is 10.2. The van der Waals surface area contributed by atoms with Gasteiger partial charge >= 0.3 is 0 Å². The van der Waals surface area contributed by atoms with Gasteiger partial charge in [-0.25, -0.2) is 17.5 Å². The van der Waals surface area contributed by atoms with Crippen LogP contribution in [0.4, 0.5) is 4.39 Å². The molecule has 118 valence electrons. The van der Waals surface area contributed by atoms with E-state index in [9.17, 15) is 12.8 Å². The van der Waals surface area contributed by atoms with Crippen LogP contribution in [0.3, 0.4) is 0 Å². The minimum Gasteiger partial charge on any atom is -0.303 e. The molecule has 1 saturated heterocycles. The number of nitrogens with one attached hydrogen (secondary N) is 1. The summed E-state index contributed by atoms with van der Waals surface area (Å²) in [6, 6.07) is 4.00. The largest absolute Gasteiger partial charge is 0.303 e. The summed E-state index contributed by atoms with van der Waals surface area (Å²) >= 11 is 3.11. The highest BCUT2D eigenvalue weighted by Crippen LogP contribution is 2.19. The molecular weight excluding hydrogens is 361 g/mol. The zero-order valence-corrected chi connectivity index (χ0v) is 14.4. The SMILES string of the molecule is CN1CCN(C)C(CNS(=O)(=O)c2ccc(Br)cc2F)C1. The van der Waals surface area contributed by atoms with E-state index in [1.165, 1.54) is 12.1 Å². The minimum absolute atomic E-state index is 0.0806. The number of likely N-dealkylation sites (N-methyl/N-ethyl adjacent to an activating group) is 2. The van der Waals surface area contributed by atoms with Crippen molar-refractivity contribution < 1.29 is 12.8 Å². The van der Waals surface area contributed by atoms with Crippen molar-refractivity contribution in [2.45, 2.75) is 10.9 Å². The first kappa shape index (κ1) is 16.8. The first-order valence-corrected chi connectivity index (χ1v) is 8.91. The van der Waals surface area contributed by atoms with Gasteiger partial charge in [0.15, 0.2) is 0 Å². The van der Waals surface area contributed by atoms with Gasteiger partial charge in [-0.1, -0.05) is 15.9 Å². The Labute approximate surface area is 133 Å².